The third-order valence-electron chi connectivity index (χ3n) is 3.63. The monoisotopic (exact) mass is 286 g/mol. The molecule has 2 heterocycles. The van der Waals surface area contributed by atoms with Gasteiger partial charge in [0.1, 0.15) is 6.10 Å². The second-order valence-electron chi connectivity index (χ2n) is 5.14. The molecule has 1 aliphatic rings. The van der Waals surface area contributed by atoms with Crippen LogP contribution in [-0.4, -0.2) is 39.6 Å². The van der Waals surface area contributed by atoms with E-state index in [1.54, 1.807) is 0 Å². The first kappa shape index (κ1) is 14.9. The van der Waals surface area contributed by atoms with E-state index in [1.165, 1.54) is 13.1 Å². The molecule has 6 nitrogen and oxygen atoms in total. The number of rotatable bonds is 3. The Morgan fingerprint density at radius 2 is 2.25 bits per heavy atom. The minimum atomic E-state index is -1.61. The summed E-state index contributed by atoms with van der Waals surface area (Å²) in [4.78, 5) is 25.2. The van der Waals surface area contributed by atoms with Gasteiger partial charge in [-0.25, -0.2) is 9.18 Å². The standard InChI is InChI=1S/C13H19FN2O4/c1-3-4-9-11(17)10(14)8(6-20-9)16-5-7(2)12(18)15-13(16)19/h5,8-11,17H,3-4,6H2,1-2H3,(H,15,18,19). The second-order valence-corrected chi connectivity index (χ2v) is 5.14. The van der Waals surface area contributed by atoms with Gasteiger partial charge in [0.2, 0.25) is 0 Å². The minimum absolute atomic E-state index is 0.00567. The van der Waals surface area contributed by atoms with Crippen LogP contribution in [0.15, 0.2) is 15.8 Å². The van der Waals surface area contributed by atoms with Gasteiger partial charge < -0.3 is 9.84 Å². The first-order valence-corrected chi connectivity index (χ1v) is 6.71. The van der Waals surface area contributed by atoms with E-state index < -0.39 is 35.7 Å². The van der Waals surface area contributed by atoms with Crippen molar-refractivity contribution in [2.24, 2.45) is 0 Å². The van der Waals surface area contributed by atoms with Gasteiger partial charge in [0.15, 0.2) is 6.17 Å². The molecule has 0 amide bonds. The topological polar surface area (TPSA) is 84.3 Å². The molecule has 2 N–H and O–H groups in total. The maximum atomic E-state index is 14.3. The van der Waals surface area contributed by atoms with Gasteiger partial charge in [0.25, 0.3) is 5.56 Å². The van der Waals surface area contributed by atoms with Crippen molar-refractivity contribution in [2.45, 2.75) is 51.1 Å². The van der Waals surface area contributed by atoms with E-state index in [4.69, 9.17) is 4.74 Å². The Kier molecular flexibility index (Phi) is 4.39. The first-order chi connectivity index (χ1) is 9.45. The molecule has 0 aliphatic carbocycles. The van der Waals surface area contributed by atoms with E-state index in [9.17, 15) is 19.1 Å². The van der Waals surface area contributed by atoms with E-state index in [1.807, 2.05) is 6.92 Å². The van der Waals surface area contributed by atoms with Crippen molar-refractivity contribution in [3.05, 3.63) is 32.6 Å². The fraction of sp³-hybridized carbons (Fsp3) is 0.692. The number of nitrogens with one attached hydrogen (secondary N) is 1. The van der Waals surface area contributed by atoms with Crippen molar-refractivity contribution in [3.8, 4) is 0 Å². The van der Waals surface area contributed by atoms with Crippen LogP contribution in [-0.2, 0) is 4.74 Å². The van der Waals surface area contributed by atoms with Gasteiger partial charge in [-0.2, -0.15) is 0 Å². The van der Waals surface area contributed by atoms with Crippen molar-refractivity contribution in [1.82, 2.24) is 9.55 Å². The molecular weight excluding hydrogens is 267 g/mol. The van der Waals surface area contributed by atoms with Crippen LogP contribution in [0.5, 0.6) is 0 Å². The molecule has 1 fully saturated rings. The van der Waals surface area contributed by atoms with Gasteiger partial charge in [-0.15, -0.1) is 0 Å². The first-order valence-electron chi connectivity index (χ1n) is 6.71. The third-order valence-corrected chi connectivity index (χ3v) is 3.63. The second kappa shape index (κ2) is 5.88. The van der Waals surface area contributed by atoms with E-state index in [-0.39, 0.29) is 6.61 Å². The van der Waals surface area contributed by atoms with Crippen LogP contribution < -0.4 is 11.2 Å². The lowest BCUT2D eigenvalue weighted by Gasteiger charge is -2.37. The number of H-pyrrole nitrogens is 1. The molecule has 0 bridgehead atoms. The summed E-state index contributed by atoms with van der Waals surface area (Å²) < 4.78 is 20.9. The van der Waals surface area contributed by atoms with E-state index >= 15 is 0 Å². The molecule has 20 heavy (non-hydrogen) atoms. The quantitative estimate of drug-likeness (QED) is 0.836. The van der Waals surface area contributed by atoms with Crippen molar-refractivity contribution in [1.29, 1.82) is 0 Å². The van der Waals surface area contributed by atoms with Gasteiger partial charge in [-0.3, -0.25) is 14.3 Å². The van der Waals surface area contributed by atoms with Crippen LogP contribution in [0, 0.1) is 6.92 Å². The number of aliphatic hydroxyl groups is 1. The van der Waals surface area contributed by atoms with Crippen LogP contribution in [0.1, 0.15) is 31.4 Å². The van der Waals surface area contributed by atoms with Crippen LogP contribution in [0.4, 0.5) is 4.39 Å². The molecule has 0 radical (unpaired) electrons. The Hall–Kier alpha value is -1.47. The number of nitrogens with zero attached hydrogens (tertiary/aromatic N) is 1. The average Bonchev–Trinajstić information content (AvgIpc) is 2.40. The van der Waals surface area contributed by atoms with Crippen LogP contribution in [0.25, 0.3) is 0 Å². The number of hydrogen-bond acceptors (Lipinski definition) is 4. The van der Waals surface area contributed by atoms with Crippen molar-refractivity contribution in [2.75, 3.05) is 6.61 Å². The number of aromatic nitrogens is 2. The van der Waals surface area contributed by atoms with Gasteiger partial charge in [-0.05, 0) is 13.3 Å². The molecule has 1 aromatic heterocycles. The molecule has 0 spiro atoms. The molecule has 1 saturated heterocycles. The molecule has 4 unspecified atom stereocenters. The van der Waals surface area contributed by atoms with Crippen LogP contribution in [0.3, 0.4) is 0 Å². The van der Waals surface area contributed by atoms with Crippen molar-refractivity contribution >= 4 is 0 Å². The minimum Gasteiger partial charge on any atom is -0.387 e. The summed E-state index contributed by atoms with van der Waals surface area (Å²) in [6.07, 6.45) is -0.791. The summed E-state index contributed by atoms with van der Waals surface area (Å²) in [5.41, 5.74) is -0.886. The zero-order valence-electron chi connectivity index (χ0n) is 11.5. The SMILES string of the molecule is CCCC1OCC(n2cc(C)c(=O)[nH]c2=O)C(F)C1O. The molecule has 1 aromatic rings. The fourth-order valence-corrected chi connectivity index (χ4v) is 2.45. The van der Waals surface area contributed by atoms with Crippen molar-refractivity contribution < 1.29 is 14.2 Å². The summed E-state index contributed by atoms with van der Waals surface area (Å²) >= 11 is 0. The Morgan fingerprint density at radius 1 is 1.55 bits per heavy atom. The predicted octanol–water partition coefficient (Wildman–Crippen LogP) is 0.284. The highest BCUT2D eigenvalue weighted by molar-refractivity contribution is 5.03. The lowest BCUT2D eigenvalue weighted by atomic mass is 9.96. The van der Waals surface area contributed by atoms with Crippen LogP contribution in [0.2, 0.25) is 0 Å². The summed E-state index contributed by atoms with van der Waals surface area (Å²) in [5, 5.41) is 9.93. The van der Waals surface area contributed by atoms with Crippen molar-refractivity contribution in [3.63, 3.8) is 0 Å². The number of hydrogen-bond donors (Lipinski definition) is 2. The number of halogens is 1. The smallest absolute Gasteiger partial charge is 0.328 e. The summed E-state index contributed by atoms with van der Waals surface area (Å²) in [6, 6.07) is -0.929. The number of aliphatic hydroxyl groups excluding tert-OH is 1. The van der Waals surface area contributed by atoms with Gasteiger partial charge in [0.05, 0.1) is 18.8 Å². The molecule has 4 atom stereocenters. The van der Waals surface area contributed by atoms with E-state index in [0.717, 1.165) is 11.0 Å². The normalized spacial score (nSPS) is 30.4. The summed E-state index contributed by atoms with van der Waals surface area (Å²) in [7, 11) is 0. The Morgan fingerprint density at radius 3 is 2.90 bits per heavy atom. The van der Waals surface area contributed by atoms with E-state index in [0.29, 0.717) is 12.0 Å². The summed E-state index contributed by atoms with van der Waals surface area (Å²) in [6.45, 7) is 3.45. The summed E-state index contributed by atoms with van der Waals surface area (Å²) in [5.74, 6) is 0. The third kappa shape index (κ3) is 2.69. The number of alkyl halides is 1. The van der Waals surface area contributed by atoms with E-state index in [2.05, 4.69) is 4.98 Å². The largest absolute Gasteiger partial charge is 0.387 e. The Balaban J connectivity index is 2.29. The Labute approximate surface area is 115 Å². The maximum Gasteiger partial charge on any atom is 0.328 e. The van der Waals surface area contributed by atoms with Crippen LogP contribution >= 0.6 is 0 Å². The lowest BCUT2D eigenvalue weighted by Crippen LogP contribution is -2.51. The number of ether oxygens (including phenoxy) is 1. The molecule has 112 valence electrons. The molecule has 7 heteroatoms. The molecule has 2 rings (SSSR count). The average molecular weight is 286 g/mol. The van der Waals surface area contributed by atoms with Gasteiger partial charge in [-0.1, -0.05) is 13.3 Å². The zero-order chi connectivity index (χ0) is 14.9. The lowest BCUT2D eigenvalue weighted by molar-refractivity contribution is -0.138. The zero-order valence-corrected chi connectivity index (χ0v) is 11.5. The predicted molar refractivity (Wildman–Crippen MR) is 70.6 cm³/mol. The molecule has 0 saturated carbocycles. The Bertz CT molecular complexity index is 582. The maximum absolute atomic E-state index is 14.3. The number of aryl methyl sites for hydroxylation is 1. The fourth-order valence-electron chi connectivity index (χ4n) is 2.45. The van der Waals surface area contributed by atoms with Gasteiger partial charge in [0, 0.05) is 11.8 Å². The highest BCUT2D eigenvalue weighted by Crippen LogP contribution is 2.28. The highest BCUT2D eigenvalue weighted by Gasteiger charge is 2.40. The highest BCUT2D eigenvalue weighted by atomic mass is 19.1. The molecular formula is C13H19FN2O4. The number of aromatic amines is 1. The molecule has 0 aromatic carbocycles. The molecule has 1 aliphatic heterocycles. The van der Waals surface area contributed by atoms with Gasteiger partial charge >= 0.3 is 5.69 Å².